The van der Waals surface area contributed by atoms with Gasteiger partial charge >= 0.3 is 0 Å². The lowest BCUT2D eigenvalue weighted by Crippen LogP contribution is -2.29. The molecule has 2 heterocycles. The number of rotatable bonds is 8. The molecule has 4 rings (SSSR count). The summed E-state index contributed by atoms with van der Waals surface area (Å²) in [5.41, 5.74) is 1.89. The molecule has 7 nitrogen and oxygen atoms in total. The number of aromatic nitrogens is 1. The number of likely N-dealkylation sites (tertiary alicyclic amines) is 1. The Bertz CT molecular complexity index is 1240. The van der Waals surface area contributed by atoms with Crippen molar-refractivity contribution >= 4 is 17.4 Å². The number of nitrogens with zero attached hydrogens (tertiary/aromatic N) is 2. The summed E-state index contributed by atoms with van der Waals surface area (Å²) in [6.45, 7) is 4.79. The fraction of sp³-hybridized carbons (Fsp3) is 0.250. The first-order valence-electron chi connectivity index (χ1n) is 11.4. The van der Waals surface area contributed by atoms with E-state index in [4.69, 9.17) is 9.47 Å². The number of aliphatic hydroxyl groups excluding tert-OH is 1. The van der Waals surface area contributed by atoms with E-state index in [1.54, 1.807) is 68.0 Å². The number of ketones is 1. The number of hydrogen-bond acceptors (Lipinski definition) is 6. The van der Waals surface area contributed by atoms with E-state index < -0.39 is 17.7 Å². The second-order valence-corrected chi connectivity index (χ2v) is 8.79. The Morgan fingerprint density at radius 2 is 1.83 bits per heavy atom. The van der Waals surface area contributed by atoms with Crippen molar-refractivity contribution in [3.8, 4) is 11.5 Å². The van der Waals surface area contributed by atoms with Gasteiger partial charge in [0.1, 0.15) is 17.3 Å². The van der Waals surface area contributed by atoms with Gasteiger partial charge in [-0.3, -0.25) is 14.6 Å². The first kappa shape index (κ1) is 24.0. The Morgan fingerprint density at radius 3 is 2.49 bits per heavy atom. The van der Waals surface area contributed by atoms with Gasteiger partial charge in [0.15, 0.2) is 0 Å². The van der Waals surface area contributed by atoms with Crippen molar-refractivity contribution in [1.29, 1.82) is 0 Å². The third-order valence-electron chi connectivity index (χ3n) is 5.74. The molecule has 1 aliphatic heterocycles. The van der Waals surface area contributed by atoms with Crippen molar-refractivity contribution in [2.75, 3.05) is 13.7 Å². The van der Waals surface area contributed by atoms with Gasteiger partial charge in [-0.2, -0.15) is 0 Å². The van der Waals surface area contributed by atoms with E-state index >= 15 is 0 Å². The third kappa shape index (κ3) is 5.19. The van der Waals surface area contributed by atoms with Gasteiger partial charge in [-0.05, 0) is 47.4 Å². The molecule has 0 radical (unpaired) electrons. The normalized spacial score (nSPS) is 17.1. The van der Waals surface area contributed by atoms with Gasteiger partial charge in [0, 0.05) is 24.5 Å². The molecule has 7 heteroatoms. The van der Waals surface area contributed by atoms with Crippen molar-refractivity contribution in [3.63, 3.8) is 0 Å². The second-order valence-electron chi connectivity index (χ2n) is 8.79. The molecule has 1 aromatic heterocycles. The van der Waals surface area contributed by atoms with Crippen LogP contribution in [0.25, 0.3) is 5.76 Å². The van der Waals surface area contributed by atoms with Gasteiger partial charge in [0.2, 0.25) is 0 Å². The fourth-order valence-corrected chi connectivity index (χ4v) is 4.01. The molecule has 1 fully saturated rings. The number of pyridine rings is 1. The molecule has 35 heavy (non-hydrogen) atoms. The highest BCUT2D eigenvalue weighted by Crippen LogP contribution is 2.40. The van der Waals surface area contributed by atoms with Gasteiger partial charge in [-0.1, -0.05) is 44.2 Å². The molecule has 1 aliphatic rings. The lowest BCUT2D eigenvalue weighted by atomic mass is 9.96. The fourth-order valence-electron chi connectivity index (χ4n) is 4.01. The van der Waals surface area contributed by atoms with Crippen LogP contribution in [0.5, 0.6) is 11.5 Å². The SMILES string of the molecule is COc1ccc(CN2C(=O)C(=O)/C(=C(\O)c3cccc(OCC(C)C)c3)C2c2cccnc2)cc1. The van der Waals surface area contributed by atoms with Crippen molar-refractivity contribution in [3.05, 3.63) is 95.3 Å². The summed E-state index contributed by atoms with van der Waals surface area (Å²) in [6, 6.07) is 16.9. The predicted octanol–water partition coefficient (Wildman–Crippen LogP) is 4.75. The van der Waals surface area contributed by atoms with Crippen LogP contribution in [0.2, 0.25) is 0 Å². The molecule has 0 aliphatic carbocycles. The minimum atomic E-state index is -0.786. The van der Waals surface area contributed by atoms with E-state index in [0.717, 1.165) is 5.56 Å². The largest absolute Gasteiger partial charge is 0.507 e. The molecular weight excluding hydrogens is 444 g/mol. The summed E-state index contributed by atoms with van der Waals surface area (Å²) >= 11 is 0. The summed E-state index contributed by atoms with van der Waals surface area (Å²) < 4.78 is 11.0. The Morgan fingerprint density at radius 1 is 1.06 bits per heavy atom. The molecule has 1 amide bonds. The average molecular weight is 473 g/mol. The first-order valence-corrected chi connectivity index (χ1v) is 11.4. The number of carbonyl (C=O) groups is 2. The van der Waals surface area contributed by atoms with Crippen LogP contribution in [0.15, 0.2) is 78.6 Å². The monoisotopic (exact) mass is 472 g/mol. The summed E-state index contributed by atoms with van der Waals surface area (Å²) in [5, 5.41) is 11.3. The zero-order valence-corrected chi connectivity index (χ0v) is 20.0. The molecule has 1 unspecified atom stereocenters. The molecule has 2 aromatic carbocycles. The number of hydrogen-bond donors (Lipinski definition) is 1. The molecule has 0 spiro atoms. The number of methoxy groups -OCH3 is 1. The summed E-state index contributed by atoms with van der Waals surface area (Å²) in [4.78, 5) is 32.0. The van der Waals surface area contributed by atoms with Crippen LogP contribution in [-0.4, -0.2) is 40.4 Å². The van der Waals surface area contributed by atoms with Gasteiger partial charge in [-0.25, -0.2) is 0 Å². The standard InChI is InChI=1S/C28H28N2O5/c1-18(2)17-35-23-8-4-6-20(14-23)26(31)24-25(21-7-5-13-29-15-21)30(28(33)27(24)32)16-19-9-11-22(34-3)12-10-19/h4-15,18,25,31H,16-17H2,1-3H3/b26-24-. The minimum Gasteiger partial charge on any atom is -0.507 e. The first-order chi connectivity index (χ1) is 16.9. The zero-order valence-electron chi connectivity index (χ0n) is 20.0. The number of carbonyl (C=O) groups excluding carboxylic acids is 2. The van der Waals surface area contributed by atoms with Crippen LogP contribution in [0, 0.1) is 5.92 Å². The molecule has 1 saturated heterocycles. The Balaban J connectivity index is 1.76. The van der Waals surface area contributed by atoms with E-state index in [9.17, 15) is 14.7 Å². The van der Waals surface area contributed by atoms with Crippen LogP contribution in [0.3, 0.4) is 0 Å². The van der Waals surface area contributed by atoms with Crippen molar-refractivity contribution in [2.45, 2.75) is 26.4 Å². The third-order valence-corrected chi connectivity index (χ3v) is 5.74. The maximum Gasteiger partial charge on any atom is 0.295 e. The highest BCUT2D eigenvalue weighted by molar-refractivity contribution is 6.46. The molecule has 3 aromatic rings. The number of benzene rings is 2. The highest BCUT2D eigenvalue weighted by atomic mass is 16.5. The summed E-state index contributed by atoms with van der Waals surface area (Å²) in [7, 11) is 1.58. The summed E-state index contributed by atoms with van der Waals surface area (Å²) in [5.74, 6) is -0.0559. The van der Waals surface area contributed by atoms with Gasteiger partial charge in [-0.15, -0.1) is 0 Å². The van der Waals surface area contributed by atoms with Crippen molar-refractivity contribution in [2.24, 2.45) is 5.92 Å². The second kappa shape index (κ2) is 10.4. The number of aliphatic hydroxyl groups is 1. The van der Waals surface area contributed by atoms with E-state index in [-0.39, 0.29) is 17.9 Å². The Hall–Kier alpha value is -4.13. The minimum absolute atomic E-state index is 0.0255. The molecule has 0 bridgehead atoms. The predicted molar refractivity (Wildman–Crippen MR) is 132 cm³/mol. The van der Waals surface area contributed by atoms with Crippen LogP contribution in [-0.2, 0) is 16.1 Å². The molecular formula is C28H28N2O5. The van der Waals surface area contributed by atoms with Crippen LogP contribution < -0.4 is 9.47 Å². The number of amides is 1. The zero-order chi connectivity index (χ0) is 24.9. The van der Waals surface area contributed by atoms with Gasteiger partial charge in [0.05, 0.1) is 25.3 Å². The van der Waals surface area contributed by atoms with E-state index in [2.05, 4.69) is 4.98 Å². The van der Waals surface area contributed by atoms with Crippen molar-refractivity contribution < 1.29 is 24.2 Å². The lowest BCUT2D eigenvalue weighted by molar-refractivity contribution is -0.140. The Labute approximate surface area is 204 Å². The highest BCUT2D eigenvalue weighted by Gasteiger charge is 2.46. The maximum atomic E-state index is 13.2. The molecule has 0 saturated carbocycles. The molecule has 180 valence electrons. The van der Waals surface area contributed by atoms with Crippen LogP contribution in [0.4, 0.5) is 0 Å². The van der Waals surface area contributed by atoms with Crippen LogP contribution >= 0.6 is 0 Å². The molecule has 1 atom stereocenters. The smallest absolute Gasteiger partial charge is 0.295 e. The maximum absolute atomic E-state index is 13.2. The van der Waals surface area contributed by atoms with E-state index in [1.807, 2.05) is 26.0 Å². The van der Waals surface area contributed by atoms with Gasteiger partial charge < -0.3 is 19.5 Å². The lowest BCUT2D eigenvalue weighted by Gasteiger charge is -2.25. The quantitative estimate of drug-likeness (QED) is 0.289. The molecule has 1 N–H and O–H groups in total. The topological polar surface area (TPSA) is 89.0 Å². The van der Waals surface area contributed by atoms with E-state index in [0.29, 0.717) is 35.2 Å². The van der Waals surface area contributed by atoms with Gasteiger partial charge in [0.25, 0.3) is 11.7 Å². The number of ether oxygens (including phenoxy) is 2. The summed E-state index contributed by atoms with van der Waals surface area (Å²) in [6.07, 6.45) is 3.22. The average Bonchev–Trinajstić information content (AvgIpc) is 3.13. The van der Waals surface area contributed by atoms with Crippen molar-refractivity contribution in [1.82, 2.24) is 9.88 Å². The Kier molecular flexibility index (Phi) is 7.15. The van der Waals surface area contributed by atoms with Crippen LogP contribution in [0.1, 0.15) is 36.6 Å². The van der Waals surface area contributed by atoms with E-state index in [1.165, 1.54) is 4.90 Å². The number of Topliss-reactive ketones (excluding diaryl/α,β-unsaturated/α-hetero) is 1.